The molecular formula is C20H35N3O4. The van der Waals surface area contributed by atoms with Gasteiger partial charge in [0, 0.05) is 32.1 Å². The molecule has 27 heavy (non-hydrogen) atoms. The summed E-state index contributed by atoms with van der Waals surface area (Å²) in [6.45, 7) is 13.0. The zero-order chi connectivity index (χ0) is 20.7. The molecule has 154 valence electrons. The molecule has 0 aromatic rings. The molecule has 0 aromatic heterocycles. The van der Waals surface area contributed by atoms with Crippen molar-refractivity contribution in [3.05, 3.63) is 12.2 Å². The number of rotatable bonds is 5. The van der Waals surface area contributed by atoms with Gasteiger partial charge < -0.3 is 20.3 Å². The summed E-state index contributed by atoms with van der Waals surface area (Å²) < 4.78 is 5.14. The SMILES string of the molecule is CC(C)(C)/C=C/C(=O)NC1CCN(C(=O)CCNC(=O)OC(C)(C)C)CC1. The number of hydrogen-bond acceptors (Lipinski definition) is 4. The van der Waals surface area contributed by atoms with Crippen LogP contribution in [0, 0.1) is 5.41 Å². The lowest BCUT2D eigenvalue weighted by molar-refractivity contribution is -0.132. The Bertz CT molecular complexity index is 551. The number of amides is 3. The van der Waals surface area contributed by atoms with Crippen LogP contribution in [0.25, 0.3) is 0 Å². The zero-order valence-electron chi connectivity index (χ0n) is 17.6. The molecule has 1 aliphatic heterocycles. The van der Waals surface area contributed by atoms with Crippen molar-refractivity contribution in [2.75, 3.05) is 19.6 Å². The first kappa shape index (κ1) is 23.0. The first-order chi connectivity index (χ1) is 12.4. The Morgan fingerprint density at radius 1 is 1.07 bits per heavy atom. The first-order valence-electron chi connectivity index (χ1n) is 9.60. The van der Waals surface area contributed by atoms with Gasteiger partial charge in [0.15, 0.2) is 0 Å². The van der Waals surface area contributed by atoms with E-state index in [1.54, 1.807) is 31.7 Å². The van der Waals surface area contributed by atoms with E-state index in [4.69, 9.17) is 4.74 Å². The van der Waals surface area contributed by atoms with Gasteiger partial charge in [0.05, 0.1) is 0 Å². The van der Waals surface area contributed by atoms with Crippen molar-refractivity contribution in [1.82, 2.24) is 15.5 Å². The maximum absolute atomic E-state index is 12.2. The van der Waals surface area contributed by atoms with Crippen LogP contribution >= 0.6 is 0 Å². The number of alkyl carbamates (subject to hydrolysis) is 1. The van der Waals surface area contributed by atoms with Gasteiger partial charge in [0.1, 0.15) is 5.60 Å². The van der Waals surface area contributed by atoms with Crippen molar-refractivity contribution in [1.29, 1.82) is 0 Å². The molecule has 3 amide bonds. The van der Waals surface area contributed by atoms with Crippen LogP contribution in [0.4, 0.5) is 4.79 Å². The number of nitrogens with one attached hydrogen (secondary N) is 2. The van der Waals surface area contributed by atoms with E-state index >= 15 is 0 Å². The second kappa shape index (κ2) is 9.76. The number of carbonyl (C=O) groups excluding carboxylic acids is 3. The summed E-state index contributed by atoms with van der Waals surface area (Å²) in [5.41, 5.74) is -0.580. The van der Waals surface area contributed by atoms with Crippen molar-refractivity contribution in [2.45, 2.75) is 72.4 Å². The first-order valence-corrected chi connectivity index (χ1v) is 9.60. The summed E-state index contributed by atoms with van der Waals surface area (Å²) in [6.07, 6.45) is 4.67. The van der Waals surface area contributed by atoms with E-state index in [0.29, 0.717) is 13.1 Å². The molecule has 2 N–H and O–H groups in total. The van der Waals surface area contributed by atoms with E-state index < -0.39 is 11.7 Å². The lowest BCUT2D eigenvalue weighted by Crippen LogP contribution is -2.46. The summed E-state index contributed by atoms with van der Waals surface area (Å²) in [6, 6.07) is 0.0889. The third kappa shape index (κ3) is 10.6. The molecule has 0 saturated carbocycles. The van der Waals surface area contributed by atoms with E-state index in [1.165, 1.54) is 0 Å². The molecule has 1 heterocycles. The lowest BCUT2D eigenvalue weighted by atomic mass is 9.96. The summed E-state index contributed by atoms with van der Waals surface area (Å²) in [7, 11) is 0. The standard InChI is InChI=1S/C20H35N3O4/c1-19(2,3)11-7-16(24)22-15-9-13-23(14-10-15)17(25)8-12-21-18(26)27-20(4,5)6/h7,11,15H,8-10,12-14H2,1-6H3,(H,21,26)(H,22,24)/b11-7+. The number of hydrogen-bond donors (Lipinski definition) is 2. The fourth-order valence-corrected chi connectivity index (χ4v) is 2.59. The fourth-order valence-electron chi connectivity index (χ4n) is 2.59. The highest BCUT2D eigenvalue weighted by molar-refractivity contribution is 5.87. The third-order valence-corrected chi connectivity index (χ3v) is 3.94. The Balaban J connectivity index is 2.27. The van der Waals surface area contributed by atoms with E-state index in [-0.39, 0.29) is 36.2 Å². The van der Waals surface area contributed by atoms with Crippen LogP contribution in [0.5, 0.6) is 0 Å². The van der Waals surface area contributed by atoms with Gasteiger partial charge in [-0.1, -0.05) is 26.8 Å². The summed E-state index contributed by atoms with van der Waals surface area (Å²) in [5.74, 6) is -0.0836. The van der Waals surface area contributed by atoms with E-state index in [2.05, 4.69) is 10.6 Å². The minimum absolute atomic E-state index is 0.00321. The molecule has 0 radical (unpaired) electrons. The van der Waals surface area contributed by atoms with Crippen LogP contribution < -0.4 is 10.6 Å². The highest BCUT2D eigenvalue weighted by atomic mass is 16.6. The topological polar surface area (TPSA) is 87.7 Å². The zero-order valence-corrected chi connectivity index (χ0v) is 17.6. The molecule has 1 saturated heterocycles. The molecule has 0 unspecified atom stereocenters. The van der Waals surface area contributed by atoms with Gasteiger partial charge >= 0.3 is 6.09 Å². The molecule has 0 atom stereocenters. The van der Waals surface area contributed by atoms with Crippen LogP contribution in [0.1, 0.15) is 60.8 Å². The number of piperidine rings is 1. The van der Waals surface area contributed by atoms with Gasteiger partial charge in [-0.2, -0.15) is 0 Å². The molecule has 7 heteroatoms. The molecule has 7 nitrogen and oxygen atoms in total. The normalized spacial score (nSPS) is 16.3. The van der Waals surface area contributed by atoms with Crippen molar-refractivity contribution in [3.8, 4) is 0 Å². The minimum Gasteiger partial charge on any atom is -0.444 e. The van der Waals surface area contributed by atoms with E-state index in [9.17, 15) is 14.4 Å². The minimum atomic E-state index is -0.553. The van der Waals surface area contributed by atoms with E-state index in [1.807, 2.05) is 26.8 Å². The third-order valence-electron chi connectivity index (χ3n) is 3.94. The molecule has 0 bridgehead atoms. The van der Waals surface area contributed by atoms with Crippen LogP contribution in [0.15, 0.2) is 12.2 Å². The summed E-state index contributed by atoms with van der Waals surface area (Å²) in [5, 5.41) is 5.59. The summed E-state index contributed by atoms with van der Waals surface area (Å²) >= 11 is 0. The maximum atomic E-state index is 12.2. The van der Waals surface area contributed by atoms with Crippen molar-refractivity contribution < 1.29 is 19.1 Å². The van der Waals surface area contributed by atoms with Crippen molar-refractivity contribution in [2.24, 2.45) is 5.41 Å². The molecule has 1 fully saturated rings. The highest BCUT2D eigenvalue weighted by Gasteiger charge is 2.23. The van der Waals surface area contributed by atoms with Gasteiger partial charge in [0.2, 0.25) is 11.8 Å². The molecule has 0 aliphatic carbocycles. The van der Waals surface area contributed by atoms with Gasteiger partial charge in [0.25, 0.3) is 0 Å². The number of nitrogens with zero attached hydrogens (tertiary/aromatic N) is 1. The second-order valence-corrected chi connectivity index (χ2v) is 9.04. The fraction of sp³-hybridized carbons (Fsp3) is 0.750. The average molecular weight is 382 g/mol. The van der Waals surface area contributed by atoms with Crippen LogP contribution in [-0.4, -0.2) is 54.1 Å². The van der Waals surface area contributed by atoms with Gasteiger partial charge in [-0.15, -0.1) is 0 Å². The monoisotopic (exact) mass is 381 g/mol. The summed E-state index contributed by atoms with van der Waals surface area (Å²) in [4.78, 5) is 37.5. The second-order valence-electron chi connectivity index (χ2n) is 9.04. The van der Waals surface area contributed by atoms with Gasteiger partial charge in [-0.3, -0.25) is 9.59 Å². The molecular weight excluding hydrogens is 346 g/mol. The number of allylic oxidation sites excluding steroid dienone is 1. The Morgan fingerprint density at radius 3 is 2.19 bits per heavy atom. The Hall–Kier alpha value is -2.05. The molecule has 1 rings (SSSR count). The Kier molecular flexibility index (Phi) is 8.31. The maximum Gasteiger partial charge on any atom is 0.407 e. The van der Waals surface area contributed by atoms with Crippen molar-refractivity contribution in [3.63, 3.8) is 0 Å². The quantitative estimate of drug-likeness (QED) is 0.717. The number of carbonyl (C=O) groups is 3. The van der Waals surface area contributed by atoms with Crippen LogP contribution in [-0.2, 0) is 14.3 Å². The van der Waals surface area contributed by atoms with Gasteiger partial charge in [-0.25, -0.2) is 4.79 Å². The largest absolute Gasteiger partial charge is 0.444 e. The predicted octanol–water partition coefficient (Wildman–Crippen LogP) is 2.61. The highest BCUT2D eigenvalue weighted by Crippen LogP contribution is 2.15. The van der Waals surface area contributed by atoms with Crippen LogP contribution in [0.3, 0.4) is 0 Å². The average Bonchev–Trinajstić information content (AvgIpc) is 2.51. The molecule has 1 aliphatic rings. The predicted molar refractivity (Wildman–Crippen MR) is 105 cm³/mol. The van der Waals surface area contributed by atoms with Gasteiger partial charge in [-0.05, 0) is 45.1 Å². The van der Waals surface area contributed by atoms with Crippen LogP contribution in [0.2, 0.25) is 0 Å². The molecule has 0 aromatic carbocycles. The molecule has 0 spiro atoms. The number of ether oxygens (including phenoxy) is 1. The van der Waals surface area contributed by atoms with Crippen molar-refractivity contribution >= 4 is 17.9 Å². The lowest BCUT2D eigenvalue weighted by Gasteiger charge is -2.32. The Morgan fingerprint density at radius 2 is 1.67 bits per heavy atom. The smallest absolute Gasteiger partial charge is 0.407 e. The Labute approximate surface area is 162 Å². The van der Waals surface area contributed by atoms with E-state index in [0.717, 1.165) is 12.8 Å². The number of likely N-dealkylation sites (tertiary alicyclic amines) is 1.